The summed E-state index contributed by atoms with van der Waals surface area (Å²) in [6.45, 7) is 12.0. The average molecular weight is 1480 g/mol. The van der Waals surface area contributed by atoms with Crippen LogP contribution < -0.4 is 0 Å². The number of phosphoric ester groups is 2. The summed E-state index contributed by atoms with van der Waals surface area (Å²) in [5, 5.41) is 10.6. The molecule has 0 aliphatic rings. The molecule has 0 saturated heterocycles. The maximum atomic E-state index is 13.1. The van der Waals surface area contributed by atoms with E-state index in [0.717, 1.165) is 108 Å². The van der Waals surface area contributed by atoms with Gasteiger partial charge in [-0.2, -0.15) is 0 Å². The van der Waals surface area contributed by atoms with Gasteiger partial charge in [-0.3, -0.25) is 37.3 Å². The summed E-state index contributed by atoms with van der Waals surface area (Å²) in [6, 6.07) is 0. The summed E-state index contributed by atoms with van der Waals surface area (Å²) in [5.74, 6) is 0.319. The lowest BCUT2D eigenvalue weighted by Crippen LogP contribution is -2.30. The van der Waals surface area contributed by atoms with Crippen LogP contribution in [0.4, 0.5) is 0 Å². The quantitative estimate of drug-likeness (QED) is 0.0222. The van der Waals surface area contributed by atoms with Gasteiger partial charge in [0.2, 0.25) is 0 Å². The van der Waals surface area contributed by atoms with Gasteiger partial charge in [0.05, 0.1) is 26.4 Å². The lowest BCUT2D eigenvalue weighted by atomic mass is 9.99. The first kappa shape index (κ1) is 99.1. The molecule has 0 aromatic rings. The number of aliphatic hydroxyl groups is 1. The number of aliphatic hydroxyl groups excluding tert-OH is 1. The summed E-state index contributed by atoms with van der Waals surface area (Å²) >= 11 is 0. The van der Waals surface area contributed by atoms with Crippen LogP contribution in [0.2, 0.25) is 0 Å². The molecule has 0 aliphatic heterocycles. The Morgan fingerprint density at radius 3 is 0.752 bits per heavy atom. The number of rotatable bonds is 80. The van der Waals surface area contributed by atoms with Crippen LogP contribution in [0.15, 0.2) is 0 Å². The van der Waals surface area contributed by atoms with Crippen LogP contribution in [0.5, 0.6) is 0 Å². The number of esters is 4. The molecule has 0 bridgehead atoms. The number of carbonyl (C=O) groups excluding carboxylic acids is 4. The van der Waals surface area contributed by atoms with Crippen LogP contribution in [-0.2, 0) is 65.4 Å². The minimum Gasteiger partial charge on any atom is -0.462 e. The summed E-state index contributed by atoms with van der Waals surface area (Å²) in [7, 11) is -9.92. The molecule has 3 unspecified atom stereocenters. The molecule has 0 aliphatic carbocycles. The predicted octanol–water partition coefficient (Wildman–Crippen LogP) is 24.5. The standard InChI is InChI=1S/C82H160O17P2/c1-8-10-11-12-13-32-42-49-56-63-79(84)92-69-77(98-82(87)66-59-52-45-38-31-25-23-27-34-40-47-54-61-74(5)6)71-96-100(88,89)94-67-76(83)68-95-101(90,91)97-72-78(70-93-80(85)64-57-50-43-36-29-24-22-26-33-39-46-53-60-73(3)4)99-81(86)65-58-51-44-37-30-21-19-17-15-14-16-18-20-28-35-41-48-55-62-75(7)9-2/h73-78,83H,8-72H2,1-7H3,(H,88,89)(H,90,91)/t75?,76-,77+,78+/m0/s1. The Bertz CT molecular complexity index is 1960. The fourth-order valence-electron chi connectivity index (χ4n) is 12.6. The Hall–Kier alpha value is -1.94. The number of hydrogen-bond donors (Lipinski definition) is 3. The number of ether oxygens (including phenoxy) is 4. The SMILES string of the molecule is CCCCCCCCCCCC(=O)OC[C@H](COP(=O)(O)OC[C@H](O)COP(=O)(O)OC[C@@H](COC(=O)CCCCCCCCCCCCCCC(C)C)OC(=O)CCCCCCCCCCCCCCCCCCCCC(C)CC)OC(=O)CCCCCCCCCCCCCCC(C)C. The highest BCUT2D eigenvalue weighted by molar-refractivity contribution is 7.47. The molecule has 0 aromatic carbocycles. The molecule has 0 rings (SSSR count). The second-order valence-electron chi connectivity index (χ2n) is 30.7. The van der Waals surface area contributed by atoms with Gasteiger partial charge in [0, 0.05) is 25.7 Å². The Morgan fingerprint density at radius 1 is 0.287 bits per heavy atom. The number of hydrogen-bond acceptors (Lipinski definition) is 15. The summed E-state index contributed by atoms with van der Waals surface area (Å²) in [5.41, 5.74) is 0. The van der Waals surface area contributed by atoms with Crippen molar-refractivity contribution in [1.82, 2.24) is 0 Å². The predicted molar refractivity (Wildman–Crippen MR) is 414 cm³/mol. The molecule has 19 heteroatoms. The van der Waals surface area contributed by atoms with Crippen molar-refractivity contribution in [2.24, 2.45) is 17.8 Å². The van der Waals surface area contributed by atoms with Crippen molar-refractivity contribution >= 4 is 39.5 Å². The Kier molecular flexibility index (Phi) is 70.9. The topological polar surface area (TPSA) is 237 Å². The van der Waals surface area contributed by atoms with Crippen LogP contribution in [0.25, 0.3) is 0 Å². The van der Waals surface area contributed by atoms with E-state index in [1.54, 1.807) is 0 Å². The second-order valence-corrected chi connectivity index (χ2v) is 33.6. The van der Waals surface area contributed by atoms with Crippen LogP contribution in [0.1, 0.15) is 427 Å². The van der Waals surface area contributed by atoms with Gasteiger partial charge >= 0.3 is 39.5 Å². The van der Waals surface area contributed by atoms with Crippen molar-refractivity contribution in [2.75, 3.05) is 39.6 Å². The molecule has 0 saturated carbocycles. The highest BCUT2D eigenvalue weighted by Gasteiger charge is 2.30. The average Bonchev–Trinajstić information content (AvgIpc) is 0.940. The van der Waals surface area contributed by atoms with Crippen molar-refractivity contribution in [1.29, 1.82) is 0 Å². The smallest absolute Gasteiger partial charge is 0.462 e. The number of carbonyl (C=O) groups is 4. The molecule has 0 heterocycles. The van der Waals surface area contributed by atoms with Gasteiger partial charge in [0.1, 0.15) is 19.3 Å². The van der Waals surface area contributed by atoms with E-state index in [9.17, 15) is 43.2 Å². The summed E-state index contributed by atoms with van der Waals surface area (Å²) in [6.07, 6.45) is 61.0. The van der Waals surface area contributed by atoms with Crippen molar-refractivity contribution in [3.63, 3.8) is 0 Å². The molecule has 600 valence electrons. The lowest BCUT2D eigenvalue weighted by Gasteiger charge is -2.21. The van der Waals surface area contributed by atoms with Crippen molar-refractivity contribution in [3.8, 4) is 0 Å². The van der Waals surface area contributed by atoms with E-state index in [-0.39, 0.29) is 25.7 Å². The highest BCUT2D eigenvalue weighted by atomic mass is 31.2. The van der Waals surface area contributed by atoms with E-state index in [0.29, 0.717) is 25.7 Å². The first-order chi connectivity index (χ1) is 48.8. The van der Waals surface area contributed by atoms with Crippen LogP contribution in [-0.4, -0.2) is 96.7 Å². The minimum absolute atomic E-state index is 0.107. The van der Waals surface area contributed by atoms with Gasteiger partial charge in [0.15, 0.2) is 12.2 Å². The molecular formula is C82H160O17P2. The molecule has 0 aromatic heterocycles. The molecule has 101 heavy (non-hydrogen) atoms. The lowest BCUT2D eigenvalue weighted by molar-refractivity contribution is -0.161. The van der Waals surface area contributed by atoms with Crippen LogP contribution >= 0.6 is 15.6 Å². The van der Waals surface area contributed by atoms with Gasteiger partial charge in [-0.05, 0) is 43.4 Å². The maximum absolute atomic E-state index is 13.1. The van der Waals surface area contributed by atoms with Crippen molar-refractivity contribution in [3.05, 3.63) is 0 Å². The molecule has 0 radical (unpaired) electrons. The molecular weight excluding hydrogens is 1320 g/mol. The van der Waals surface area contributed by atoms with Crippen LogP contribution in [0.3, 0.4) is 0 Å². The van der Waals surface area contributed by atoms with E-state index in [2.05, 4.69) is 48.5 Å². The fourth-order valence-corrected chi connectivity index (χ4v) is 14.2. The van der Waals surface area contributed by atoms with E-state index < -0.39 is 97.5 Å². The van der Waals surface area contributed by atoms with E-state index in [1.807, 2.05) is 0 Å². The van der Waals surface area contributed by atoms with Gasteiger partial charge in [-0.25, -0.2) is 9.13 Å². The van der Waals surface area contributed by atoms with E-state index >= 15 is 0 Å². The van der Waals surface area contributed by atoms with Gasteiger partial charge in [-0.15, -0.1) is 0 Å². The molecule has 6 atom stereocenters. The molecule has 0 fully saturated rings. The van der Waals surface area contributed by atoms with E-state index in [1.165, 1.54) is 238 Å². The number of unbranched alkanes of at least 4 members (excludes halogenated alkanes) is 47. The Balaban J connectivity index is 5.20. The molecule has 0 amide bonds. The zero-order chi connectivity index (χ0) is 74.4. The fraction of sp³-hybridized carbons (Fsp3) is 0.951. The largest absolute Gasteiger partial charge is 0.472 e. The van der Waals surface area contributed by atoms with E-state index in [4.69, 9.17) is 37.0 Å². The summed E-state index contributed by atoms with van der Waals surface area (Å²) < 4.78 is 68.7. The third kappa shape index (κ3) is 74.7. The molecule has 0 spiro atoms. The first-order valence-electron chi connectivity index (χ1n) is 42.4. The van der Waals surface area contributed by atoms with Gasteiger partial charge in [0.25, 0.3) is 0 Å². The summed E-state index contributed by atoms with van der Waals surface area (Å²) in [4.78, 5) is 73.0. The first-order valence-corrected chi connectivity index (χ1v) is 45.4. The maximum Gasteiger partial charge on any atom is 0.472 e. The third-order valence-electron chi connectivity index (χ3n) is 19.5. The molecule has 3 N–H and O–H groups in total. The zero-order valence-corrected chi connectivity index (χ0v) is 68.2. The third-order valence-corrected chi connectivity index (χ3v) is 21.4. The van der Waals surface area contributed by atoms with Gasteiger partial charge in [-0.1, -0.05) is 376 Å². The monoisotopic (exact) mass is 1480 g/mol. The zero-order valence-electron chi connectivity index (χ0n) is 66.4. The van der Waals surface area contributed by atoms with Crippen molar-refractivity contribution < 1.29 is 80.2 Å². The highest BCUT2D eigenvalue weighted by Crippen LogP contribution is 2.45. The number of phosphoric acid groups is 2. The van der Waals surface area contributed by atoms with Crippen molar-refractivity contribution in [2.45, 2.75) is 446 Å². The Labute approximate surface area is 619 Å². The van der Waals surface area contributed by atoms with Gasteiger partial charge < -0.3 is 33.8 Å². The van der Waals surface area contributed by atoms with Crippen LogP contribution in [0, 0.1) is 17.8 Å². The molecule has 17 nitrogen and oxygen atoms in total. The normalized spacial score (nSPS) is 14.2. The Morgan fingerprint density at radius 2 is 0.505 bits per heavy atom. The second kappa shape index (κ2) is 72.3. The minimum atomic E-state index is -4.96.